The van der Waals surface area contributed by atoms with Crippen molar-refractivity contribution in [2.75, 3.05) is 9.80 Å². The van der Waals surface area contributed by atoms with Crippen molar-refractivity contribution >= 4 is 88.4 Å². The van der Waals surface area contributed by atoms with E-state index in [4.69, 9.17) is 4.42 Å². The molecule has 0 radical (unpaired) electrons. The second-order valence-electron chi connectivity index (χ2n) is 13.0. The van der Waals surface area contributed by atoms with Crippen LogP contribution in [0.5, 0.6) is 0 Å². The fraction of sp³-hybridized carbons (Fsp3) is 0. The Kier molecular flexibility index (Phi) is 6.81. The Morgan fingerprint density at radius 1 is 0.294 bits per heavy atom. The second kappa shape index (κ2) is 11.9. The van der Waals surface area contributed by atoms with E-state index in [-0.39, 0.29) is 0 Å². The van der Waals surface area contributed by atoms with Crippen molar-refractivity contribution in [2.24, 2.45) is 0 Å². The van der Waals surface area contributed by atoms with Crippen LogP contribution in [0.4, 0.5) is 34.1 Å². The third-order valence-electron chi connectivity index (χ3n) is 9.97. The molecular weight excluding hydrogens is 621 g/mol. The first-order valence-corrected chi connectivity index (χ1v) is 17.4. The summed E-state index contributed by atoms with van der Waals surface area (Å²) in [6, 6.07) is 69.1. The second-order valence-corrected chi connectivity index (χ2v) is 13.0. The van der Waals surface area contributed by atoms with Crippen LogP contribution in [0.15, 0.2) is 199 Å². The quantitative estimate of drug-likeness (QED) is 0.167. The van der Waals surface area contributed by atoms with Crippen molar-refractivity contribution in [3.63, 3.8) is 0 Å². The Balaban J connectivity index is 1.19. The van der Waals surface area contributed by atoms with E-state index in [1.54, 1.807) is 0 Å². The van der Waals surface area contributed by atoms with Gasteiger partial charge in [0.2, 0.25) is 0 Å². The predicted octanol–water partition coefficient (Wildman–Crippen LogP) is 14.0. The van der Waals surface area contributed by atoms with Crippen LogP contribution in [0.25, 0.3) is 54.3 Å². The Morgan fingerprint density at radius 3 is 1.47 bits per heavy atom. The third-order valence-corrected chi connectivity index (χ3v) is 9.97. The number of anilines is 6. The number of furan rings is 1. The van der Waals surface area contributed by atoms with Crippen molar-refractivity contribution in [3.8, 4) is 0 Å². The van der Waals surface area contributed by atoms with Crippen molar-refractivity contribution in [3.05, 3.63) is 194 Å². The first kappa shape index (κ1) is 29.1. The first-order valence-electron chi connectivity index (χ1n) is 17.4. The maximum absolute atomic E-state index is 6.58. The van der Waals surface area contributed by atoms with Gasteiger partial charge in [-0.3, -0.25) is 0 Å². The molecular formula is C48H32N2O. The van der Waals surface area contributed by atoms with Crippen LogP contribution in [0.1, 0.15) is 0 Å². The van der Waals surface area contributed by atoms with Gasteiger partial charge < -0.3 is 14.2 Å². The number of benzene rings is 9. The van der Waals surface area contributed by atoms with Crippen LogP contribution in [0.2, 0.25) is 0 Å². The van der Waals surface area contributed by atoms with E-state index in [9.17, 15) is 0 Å². The van der Waals surface area contributed by atoms with Crippen LogP contribution in [-0.4, -0.2) is 0 Å². The molecule has 0 aliphatic heterocycles. The van der Waals surface area contributed by atoms with E-state index >= 15 is 0 Å². The van der Waals surface area contributed by atoms with E-state index in [1.807, 2.05) is 6.07 Å². The van der Waals surface area contributed by atoms with Crippen LogP contribution < -0.4 is 9.80 Å². The van der Waals surface area contributed by atoms with E-state index in [1.165, 1.54) is 26.9 Å². The molecule has 0 fully saturated rings. The fourth-order valence-electron chi connectivity index (χ4n) is 7.65. The zero-order valence-electron chi connectivity index (χ0n) is 27.8. The number of hydrogen-bond donors (Lipinski definition) is 0. The number of hydrogen-bond acceptors (Lipinski definition) is 3. The molecule has 10 rings (SSSR count). The lowest BCUT2D eigenvalue weighted by molar-refractivity contribution is 0.673. The van der Waals surface area contributed by atoms with Crippen molar-refractivity contribution in [1.82, 2.24) is 0 Å². The maximum atomic E-state index is 6.58. The summed E-state index contributed by atoms with van der Waals surface area (Å²) >= 11 is 0. The molecule has 240 valence electrons. The number of nitrogens with zero attached hydrogens (tertiary/aromatic N) is 2. The Morgan fingerprint density at radius 2 is 0.765 bits per heavy atom. The SMILES string of the molecule is c1ccc(N(c2ccccc2)c2ccc(N(c3ccc4ccccc4c3)c3ccc4c5ccccc5c5oc6ccccc6c5c4c3)cc2)cc1. The third kappa shape index (κ3) is 4.90. The normalized spacial score (nSPS) is 11.5. The summed E-state index contributed by atoms with van der Waals surface area (Å²) in [4.78, 5) is 4.67. The van der Waals surface area contributed by atoms with Crippen LogP contribution in [0.3, 0.4) is 0 Å². The van der Waals surface area contributed by atoms with Gasteiger partial charge in [0.05, 0.1) is 0 Å². The summed E-state index contributed by atoms with van der Waals surface area (Å²) in [7, 11) is 0. The molecule has 10 aromatic rings. The molecule has 0 amide bonds. The lowest BCUT2D eigenvalue weighted by atomic mass is 9.96. The molecule has 1 aromatic heterocycles. The van der Waals surface area contributed by atoms with Gasteiger partial charge in [-0.1, -0.05) is 115 Å². The monoisotopic (exact) mass is 652 g/mol. The van der Waals surface area contributed by atoms with E-state index in [0.29, 0.717) is 0 Å². The van der Waals surface area contributed by atoms with Crippen LogP contribution in [0, 0.1) is 0 Å². The largest absolute Gasteiger partial charge is 0.455 e. The van der Waals surface area contributed by atoms with Gasteiger partial charge in [0.15, 0.2) is 0 Å². The van der Waals surface area contributed by atoms with Gasteiger partial charge >= 0.3 is 0 Å². The number of fused-ring (bicyclic) bond motifs is 9. The standard InChI is InChI=1S/C48H32N2O/c1-3-15-35(16-4-1)49(36-17-5-2-6-18-36)37-25-27-38(28-26-37)50(39-24-23-33-13-7-8-14-34(33)31-39)40-29-30-42-41-19-9-10-20-43(41)48-47(45(42)32-40)44-21-11-12-22-46(44)51-48/h1-32H. The highest BCUT2D eigenvalue weighted by Crippen LogP contribution is 2.45. The summed E-state index contributed by atoms with van der Waals surface area (Å²) in [5.74, 6) is 0. The van der Waals surface area contributed by atoms with Gasteiger partial charge in [0, 0.05) is 50.3 Å². The highest BCUT2D eigenvalue weighted by molar-refractivity contribution is 6.30. The van der Waals surface area contributed by atoms with Gasteiger partial charge in [-0.25, -0.2) is 0 Å². The average Bonchev–Trinajstić information content (AvgIpc) is 3.60. The highest BCUT2D eigenvalue weighted by Gasteiger charge is 2.20. The molecule has 0 bridgehead atoms. The van der Waals surface area contributed by atoms with E-state index in [2.05, 4.69) is 198 Å². The van der Waals surface area contributed by atoms with E-state index in [0.717, 1.165) is 61.4 Å². The molecule has 3 nitrogen and oxygen atoms in total. The molecule has 0 saturated heterocycles. The minimum absolute atomic E-state index is 0.902. The molecule has 0 atom stereocenters. The minimum atomic E-state index is 0.902. The Bertz CT molecular complexity index is 2820. The molecule has 0 spiro atoms. The smallest absolute Gasteiger partial charge is 0.143 e. The molecule has 0 aliphatic carbocycles. The van der Waals surface area contributed by atoms with Gasteiger partial charge in [0.25, 0.3) is 0 Å². The summed E-state index contributed by atoms with van der Waals surface area (Å²) < 4.78 is 6.58. The van der Waals surface area contributed by atoms with Crippen molar-refractivity contribution in [2.45, 2.75) is 0 Å². The van der Waals surface area contributed by atoms with E-state index < -0.39 is 0 Å². The van der Waals surface area contributed by atoms with Gasteiger partial charge in [-0.2, -0.15) is 0 Å². The molecule has 9 aromatic carbocycles. The van der Waals surface area contributed by atoms with Crippen LogP contribution >= 0.6 is 0 Å². The summed E-state index contributed by atoms with van der Waals surface area (Å²) in [5.41, 5.74) is 8.39. The van der Waals surface area contributed by atoms with Crippen molar-refractivity contribution < 1.29 is 4.42 Å². The molecule has 51 heavy (non-hydrogen) atoms. The Labute approximate surface area is 295 Å². The molecule has 0 N–H and O–H groups in total. The zero-order chi connectivity index (χ0) is 33.7. The fourth-order valence-corrected chi connectivity index (χ4v) is 7.65. The summed E-state index contributed by atoms with van der Waals surface area (Å²) in [6.07, 6.45) is 0. The average molecular weight is 653 g/mol. The molecule has 0 saturated carbocycles. The van der Waals surface area contributed by atoms with Gasteiger partial charge in [-0.05, 0) is 106 Å². The Hall–Kier alpha value is -6.84. The molecule has 0 unspecified atom stereocenters. The summed E-state index contributed by atoms with van der Waals surface area (Å²) in [5, 5.41) is 9.40. The topological polar surface area (TPSA) is 19.6 Å². The highest BCUT2D eigenvalue weighted by atomic mass is 16.3. The lowest BCUT2D eigenvalue weighted by Crippen LogP contribution is -2.12. The predicted molar refractivity (Wildman–Crippen MR) is 216 cm³/mol. The number of rotatable bonds is 6. The summed E-state index contributed by atoms with van der Waals surface area (Å²) in [6.45, 7) is 0. The van der Waals surface area contributed by atoms with Gasteiger partial charge in [0.1, 0.15) is 11.2 Å². The minimum Gasteiger partial charge on any atom is -0.455 e. The molecule has 3 heteroatoms. The van der Waals surface area contributed by atoms with Crippen LogP contribution in [-0.2, 0) is 0 Å². The van der Waals surface area contributed by atoms with Crippen molar-refractivity contribution in [1.29, 1.82) is 0 Å². The molecule has 0 aliphatic rings. The molecule has 1 heterocycles. The number of para-hydroxylation sites is 3. The lowest BCUT2D eigenvalue weighted by Gasteiger charge is -2.28. The van der Waals surface area contributed by atoms with Gasteiger partial charge in [-0.15, -0.1) is 0 Å². The maximum Gasteiger partial charge on any atom is 0.143 e. The zero-order valence-corrected chi connectivity index (χ0v) is 27.8. The first-order chi connectivity index (χ1) is 25.3.